The molecule has 1 N–H and O–H groups in total. The molecule has 0 spiro atoms. The molecule has 3 rings (SSSR count). The molecule has 2 aromatic carbocycles. The van der Waals surface area contributed by atoms with Crippen molar-refractivity contribution >= 4 is 28.9 Å². The van der Waals surface area contributed by atoms with Crippen LogP contribution in [0.5, 0.6) is 5.75 Å². The molecule has 1 fully saturated rings. The van der Waals surface area contributed by atoms with Gasteiger partial charge in [0.1, 0.15) is 5.75 Å². The van der Waals surface area contributed by atoms with Crippen molar-refractivity contribution in [2.45, 2.75) is 0 Å². The van der Waals surface area contributed by atoms with E-state index in [9.17, 15) is 4.79 Å². The van der Waals surface area contributed by atoms with Gasteiger partial charge >= 0.3 is 0 Å². The fraction of sp³-hybridized carbons (Fsp3) is 0.263. The maximum atomic E-state index is 12.3. The van der Waals surface area contributed by atoms with Crippen LogP contribution in [0, 0.1) is 11.3 Å². The van der Waals surface area contributed by atoms with E-state index in [1.165, 1.54) is 0 Å². The number of amides is 1. The number of hydrogen-bond acceptors (Lipinski definition) is 5. The molecule has 0 aliphatic carbocycles. The normalized spacial score (nSPS) is 13.8. The summed E-state index contributed by atoms with van der Waals surface area (Å²) in [5, 5.41) is 12.2. The molecule has 2 aromatic rings. The number of nitriles is 1. The van der Waals surface area contributed by atoms with Gasteiger partial charge in [0.25, 0.3) is 5.91 Å². The second-order valence-corrected chi connectivity index (χ2v) is 6.17. The van der Waals surface area contributed by atoms with Gasteiger partial charge in [0.05, 0.1) is 36.2 Å². The predicted molar refractivity (Wildman–Crippen MR) is 99.8 cm³/mol. The highest BCUT2D eigenvalue weighted by molar-refractivity contribution is 6.31. The molecule has 0 bridgehead atoms. The Balaban J connectivity index is 1.64. The summed E-state index contributed by atoms with van der Waals surface area (Å²) in [5.41, 5.74) is 2.09. The van der Waals surface area contributed by atoms with Crippen LogP contribution in [0.4, 0.5) is 11.4 Å². The summed E-state index contributed by atoms with van der Waals surface area (Å²) in [6.07, 6.45) is 0. The highest BCUT2D eigenvalue weighted by Crippen LogP contribution is 2.29. The molecule has 1 aliphatic rings. The smallest absolute Gasteiger partial charge is 0.262 e. The zero-order valence-corrected chi connectivity index (χ0v) is 14.8. The lowest BCUT2D eigenvalue weighted by Crippen LogP contribution is -2.37. The summed E-state index contributed by atoms with van der Waals surface area (Å²) in [4.78, 5) is 14.4. The highest BCUT2D eigenvalue weighted by atomic mass is 35.5. The van der Waals surface area contributed by atoms with Gasteiger partial charge in [0.2, 0.25) is 0 Å². The minimum Gasteiger partial charge on any atom is -0.484 e. The van der Waals surface area contributed by atoms with Crippen molar-refractivity contribution in [3.63, 3.8) is 0 Å². The van der Waals surface area contributed by atoms with E-state index in [4.69, 9.17) is 26.3 Å². The van der Waals surface area contributed by atoms with Crippen LogP contribution in [-0.4, -0.2) is 38.8 Å². The first kappa shape index (κ1) is 18.1. The van der Waals surface area contributed by atoms with E-state index in [0.717, 1.165) is 18.8 Å². The molecule has 6 nitrogen and oxygen atoms in total. The Morgan fingerprint density at radius 3 is 2.65 bits per heavy atom. The van der Waals surface area contributed by atoms with Gasteiger partial charge in [-0.2, -0.15) is 5.26 Å². The number of hydrogen-bond donors (Lipinski definition) is 1. The van der Waals surface area contributed by atoms with E-state index < -0.39 is 0 Å². The van der Waals surface area contributed by atoms with E-state index in [1.807, 2.05) is 12.1 Å². The second kappa shape index (κ2) is 8.56. The molecule has 26 heavy (non-hydrogen) atoms. The summed E-state index contributed by atoms with van der Waals surface area (Å²) in [6, 6.07) is 14.0. The molecule has 0 atom stereocenters. The summed E-state index contributed by atoms with van der Waals surface area (Å²) in [6.45, 7) is 2.68. The van der Waals surface area contributed by atoms with Crippen LogP contribution in [0.3, 0.4) is 0 Å². The number of ether oxygens (including phenoxy) is 2. The van der Waals surface area contributed by atoms with Gasteiger partial charge in [-0.15, -0.1) is 0 Å². The Kier molecular flexibility index (Phi) is 5.95. The van der Waals surface area contributed by atoms with E-state index in [2.05, 4.69) is 10.2 Å². The molecular formula is C19H18ClN3O3. The van der Waals surface area contributed by atoms with Crippen LogP contribution in [-0.2, 0) is 9.53 Å². The molecule has 1 aliphatic heterocycles. The Labute approximate surface area is 156 Å². The summed E-state index contributed by atoms with van der Waals surface area (Å²) in [7, 11) is 0. The number of nitrogens with one attached hydrogen (secondary N) is 1. The van der Waals surface area contributed by atoms with Gasteiger partial charge < -0.3 is 19.7 Å². The number of anilines is 2. The van der Waals surface area contributed by atoms with Gasteiger partial charge in [-0.25, -0.2) is 0 Å². The van der Waals surface area contributed by atoms with Gasteiger partial charge in [0, 0.05) is 18.1 Å². The van der Waals surface area contributed by atoms with Crippen molar-refractivity contribution < 1.29 is 14.3 Å². The van der Waals surface area contributed by atoms with Crippen LogP contribution in [0.15, 0.2) is 42.5 Å². The van der Waals surface area contributed by atoms with Crippen molar-refractivity contribution in [3.8, 4) is 11.8 Å². The minimum absolute atomic E-state index is 0.138. The van der Waals surface area contributed by atoms with Crippen LogP contribution < -0.4 is 15.0 Å². The maximum absolute atomic E-state index is 12.3. The predicted octanol–water partition coefficient (Wildman–Crippen LogP) is 3.07. The Hall–Kier alpha value is -2.75. The summed E-state index contributed by atoms with van der Waals surface area (Å²) >= 11 is 6.09. The number of carbonyl (C=O) groups excluding carboxylic acids is 1. The SMILES string of the molecule is N#Cc1ccc(OCC(=O)Nc2cc(Cl)ccc2N2CCOCC2)cc1. The fourth-order valence-electron chi connectivity index (χ4n) is 2.65. The molecule has 1 heterocycles. The Bertz CT molecular complexity index is 812. The Morgan fingerprint density at radius 2 is 1.96 bits per heavy atom. The lowest BCUT2D eigenvalue weighted by Gasteiger charge is -2.30. The number of nitrogens with zero attached hydrogens (tertiary/aromatic N) is 2. The van der Waals surface area contributed by atoms with E-state index in [1.54, 1.807) is 36.4 Å². The number of benzene rings is 2. The van der Waals surface area contributed by atoms with Crippen molar-refractivity contribution in [1.82, 2.24) is 0 Å². The number of rotatable bonds is 5. The van der Waals surface area contributed by atoms with Gasteiger partial charge in [0.15, 0.2) is 6.61 Å². The second-order valence-electron chi connectivity index (χ2n) is 5.73. The topological polar surface area (TPSA) is 74.6 Å². The average molecular weight is 372 g/mol. The van der Waals surface area contributed by atoms with Crippen LogP contribution in [0.25, 0.3) is 0 Å². The van der Waals surface area contributed by atoms with Gasteiger partial charge in [-0.05, 0) is 42.5 Å². The first-order chi connectivity index (χ1) is 12.7. The van der Waals surface area contributed by atoms with Gasteiger partial charge in [-0.3, -0.25) is 4.79 Å². The standard InChI is InChI=1S/C19H18ClN3O3/c20-15-3-6-18(23-7-9-25-10-8-23)17(11-15)22-19(24)13-26-16-4-1-14(12-21)2-5-16/h1-6,11H,7-10,13H2,(H,22,24). The first-order valence-corrected chi connectivity index (χ1v) is 8.58. The van der Waals surface area contributed by atoms with Crippen LogP contribution in [0.1, 0.15) is 5.56 Å². The molecule has 0 unspecified atom stereocenters. The third kappa shape index (κ3) is 4.66. The minimum atomic E-state index is -0.286. The van der Waals surface area contributed by atoms with Crippen LogP contribution >= 0.6 is 11.6 Å². The molecule has 7 heteroatoms. The highest BCUT2D eigenvalue weighted by Gasteiger charge is 2.16. The molecule has 0 radical (unpaired) electrons. The largest absolute Gasteiger partial charge is 0.484 e. The molecular weight excluding hydrogens is 354 g/mol. The summed E-state index contributed by atoms with van der Waals surface area (Å²) < 4.78 is 10.8. The Morgan fingerprint density at radius 1 is 1.23 bits per heavy atom. The summed E-state index contributed by atoms with van der Waals surface area (Å²) in [5.74, 6) is 0.241. The molecule has 1 amide bonds. The van der Waals surface area contributed by atoms with Crippen molar-refractivity contribution in [1.29, 1.82) is 5.26 Å². The maximum Gasteiger partial charge on any atom is 0.262 e. The number of morpholine rings is 1. The lowest BCUT2D eigenvalue weighted by atomic mass is 10.2. The molecule has 0 aromatic heterocycles. The van der Waals surface area contributed by atoms with E-state index in [-0.39, 0.29) is 12.5 Å². The molecule has 0 saturated carbocycles. The first-order valence-electron chi connectivity index (χ1n) is 8.21. The van der Waals surface area contributed by atoms with E-state index in [0.29, 0.717) is 35.2 Å². The lowest BCUT2D eigenvalue weighted by molar-refractivity contribution is -0.118. The molecule has 1 saturated heterocycles. The van der Waals surface area contributed by atoms with Crippen molar-refractivity contribution in [3.05, 3.63) is 53.1 Å². The van der Waals surface area contributed by atoms with Crippen molar-refractivity contribution in [2.75, 3.05) is 43.1 Å². The van der Waals surface area contributed by atoms with Gasteiger partial charge in [-0.1, -0.05) is 11.6 Å². The molecule has 134 valence electrons. The van der Waals surface area contributed by atoms with E-state index >= 15 is 0 Å². The third-order valence-corrected chi connectivity index (χ3v) is 4.17. The zero-order valence-electron chi connectivity index (χ0n) is 14.1. The quantitative estimate of drug-likeness (QED) is 0.874. The monoisotopic (exact) mass is 371 g/mol. The zero-order chi connectivity index (χ0) is 18.4. The number of carbonyl (C=O) groups is 1. The van der Waals surface area contributed by atoms with Crippen molar-refractivity contribution in [2.24, 2.45) is 0 Å². The number of halogens is 1. The third-order valence-electron chi connectivity index (χ3n) is 3.94. The van der Waals surface area contributed by atoms with Crippen LogP contribution in [0.2, 0.25) is 5.02 Å². The average Bonchev–Trinajstić information content (AvgIpc) is 2.67. The fourth-order valence-corrected chi connectivity index (χ4v) is 2.82.